The van der Waals surface area contributed by atoms with Crippen LogP contribution >= 0.6 is 23.3 Å². The Balaban J connectivity index is 1.63. The molecule has 1 N–H and O–H groups in total. The predicted octanol–water partition coefficient (Wildman–Crippen LogP) is 3.24. The van der Waals surface area contributed by atoms with Crippen molar-refractivity contribution in [3.63, 3.8) is 0 Å². The number of amides is 3. The van der Waals surface area contributed by atoms with E-state index in [4.69, 9.17) is 11.6 Å². The second kappa shape index (κ2) is 6.90. The number of hydrogen-bond donors (Lipinski definition) is 1. The SMILES string of the molecule is O=C(Nc1ccc(Cl)cc1CN1C(=O)c2ccccc2C1=O)c1cnsn1. The second-order valence-corrected chi connectivity index (χ2v) is 6.78. The van der Waals surface area contributed by atoms with Crippen molar-refractivity contribution in [2.24, 2.45) is 0 Å². The number of hydrogen-bond acceptors (Lipinski definition) is 6. The van der Waals surface area contributed by atoms with Crippen LogP contribution in [0.5, 0.6) is 0 Å². The third-order valence-electron chi connectivity index (χ3n) is 4.12. The lowest BCUT2D eigenvalue weighted by Gasteiger charge is -2.17. The summed E-state index contributed by atoms with van der Waals surface area (Å²) in [5.41, 5.74) is 1.89. The average Bonchev–Trinajstić information content (AvgIpc) is 3.28. The highest BCUT2D eigenvalue weighted by Crippen LogP contribution is 2.28. The molecule has 2 aromatic carbocycles. The maximum Gasteiger partial charge on any atom is 0.277 e. The van der Waals surface area contributed by atoms with Crippen molar-refractivity contribution in [3.8, 4) is 0 Å². The second-order valence-electron chi connectivity index (χ2n) is 5.79. The summed E-state index contributed by atoms with van der Waals surface area (Å²) in [6.45, 7) is -0.0160. The molecule has 0 radical (unpaired) electrons. The number of aromatic nitrogens is 2. The van der Waals surface area contributed by atoms with Gasteiger partial charge in [-0.05, 0) is 35.9 Å². The summed E-state index contributed by atoms with van der Waals surface area (Å²) in [6.07, 6.45) is 1.36. The Kier molecular flexibility index (Phi) is 4.43. The van der Waals surface area contributed by atoms with E-state index < -0.39 is 5.91 Å². The van der Waals surface area contributed by atoms with Gasteiger partial charge >= 0.3 is 0 Å². The minimum atomic E-state index is -0.435. The summed E-state index contributed by atoms with van der Waals surface area (Å²) in [4.78, 5) is 38.6. The molecule has 0 spiro atoms. The third-order valence-corrected chi connectivity index (χ3v) is 4.83. The summed E-state index contributed by atoms with van der Waals surface area (Å²) >= 11 is 7.00. The molecule has 1 aromatic heterocycles. The summed E-state index contributed by atoms with van der Waals surface area (Å²) < 4.78 is 7.69. The van der Waals surface area contributed by atoms with Crippen LogP contribution in [0.2, 0.25) is 5.02 Å². The van der Waals surface area contributed by atoms with Gasteiger partial charge in [0.25, 0.3) is 17.7 Å². The molecule has 1 aliphatic heterocycles. The minimum absolute atomic E-state index is 0.0160. The van der Waals surface area contributed by atoms with Crippen LogP contribution in [0.4, 0.5) is 5.69 Å². The van der Waals surface area contributed by atoms with E-state index in [0.717, 1.165) is 16.6 Å². The monoisotopic (exact) mass is 398 g/mol. The lowest BCUT2D eigenvalue weighted by molar-refractivity contribution is 0.0642. The molecule has 0 atom stereocenters. The van der Waals surface area contributed by atoms with E-state index in [9.17, 15) is 14.4 Å². The Morgan fingerprint density at radius 1 is 1.11 bits per heavy atom. The van der Waals surface area contributed by atoms with Crippen LogP contribution in [-0.4, -0.2) is 31.4 Å². The van der Waals surface area contributed by atoms with E-state index >= 15 is 0 Å². The van der Waals surface area contributed by atoms with E-state index in [-0.39, 0.29) is 24.1 Å². The summed E-state index contributed by atoms with van der Waals surface area (Å²) in [5, 5.41) is 3.15. The van der Waals surface area contributed by atoms with Gasteiger partial charge in [0.2, 0.25) is 0 Å². The Hall–Kier alpha value is -3.10. The molecule has 7 nitrogen and oxygen atoms in total. The Morgan fingerprint density at radius 3 is 2.44 bits per heavy atom. The van der Waals surface area contributed by atoms with E-state index in [2.05, 4.69) is 14.1 Å². The Bertz CT molecular complexity index is 1030. The van der Waals surface area contributed by atoms with Crippen molar-refractivity contribution >= 4 is 46.7 Å². The Labute approximate surface area is 162 Å². The van der Waals surface area contributed by atoms with Gasteiger partial charge in [-0.25, -0.2) is 0 Å². The van der Waals surface area contributed by atoms with E-state index in [1.807, 2.05) is 0 Å². The number of fused-ring (bicyclic) bond motifs is 1. The molecule has 2 heterocycles. The van der Waals surface area contributed by atoms with Crippen LogP contribution in [0.3, 0.4) is 0 Å². The van der Waals surface area contributed by atoms with Gasteiger partial charge in [0.05, 0.1) is 35.6 Å². The first kappa shape index (κ1) is 17.3. The summed E-state index contributed by atoms with van der Waals surface area (Å²) in [5.74, 6) is -1.19. The summed E-state index contributed by atoms with van der Waals surface area (Å²) in [6, 6.07) is 11.5. The van der Waals surface area contributed by atoms with Crippen LogP contribution in [0.25, 0.3) is 0 Å². The average molecular weight is 399 g/mol. The molecule has 0 saturated carbocycles. The van der Waals surface area contributed by atoms with Crippen molar-refractivity contribution in [3.05, 3.63) is 76.1 Å². The van der Waals surface area contributed by atoms with Crippen molar-refractivity contribution in [2.45, 2.75) is 6.54 Å². The zero-order valence-corrected chi connectivity index (χ0v) is 15.3. The lowest BCUT2D eigenvalue weighted by Crippen LogP contribution is -2.29. The standard InChI is InChI=1S/C18H11ClN4O3S/c19-11-5-6-14(21-16(24)15-8-20-27-22-15)10(7-11)9-23-17(25)12-3-1-2-4-13(12)18(23)26/h1-8H,9H2,(H,21,24). The van der Waals surface area contributed by atoms with Gasteiger partial charge in [-0.2, -0.15) is 8.75 Å². The van der Waals surface area contributed by atoms with Gasteiger partial charge in [-0.15, -0.1) is 0 Å². The van der Waals surface area contributed by atoms with Gasteiger partial charge in [0, 0.05) is 10.7 Å². The van der Waals surface area contributed by atoms with E-state index in [1.54, 1.807) is 42.5 Å². The number of halogens is 1. The minimum Gasteiger partial charge on any atom is -0.320 e. The number of rotatable bonds is 4. The van der Waals surface area contributed by atoms with E-state index in [1.165, 1.54) is 6.20 Å². The first-order valence-corrected chi connectivity index (χ1v) is 8.98. The van der Waals surface area contributed by atoms with Crippen molar-refractivity contribution in [1.82, 2.24) is 13.6 Å². The quantitative estimate of drug-likeness (QED) is 0.681. The molecule has 134 valence electrons. The fraction of sp³-hybridized carbons (Fsp3) is 0.0556. The normalized spacial score (nSPS) is 13.0. The van der Waals surface area contributed by atoms with E-state index in [0.29, 0.717) is 27.4 Å². The van der Waals surface area contributed by atoms with Crippen LogP contribution < -0.4 is 5.32 Å². The number of carbonyl (C=O) groups is 3. The largest absolute Gasteiger partial charge is 0.320 e. The zero-order chi connectivity index (χ0) is 19.0. The van der Waals surface area contributed by atoms with Crippen LogP contribution in [0.15, 0.2) is 48.7 Å². The molecular weight excluding hydrogens is 388 g/mol. The highest BCUT2D eigenvalue weighted by Gasteiger charge is 2.35. The topological polar surface area (TPSA) is 92.3 Å². The first-order valence-electron chi connectivity index (χ1n) is 7.87. The number of benzene rings is 2. The van der Waals surface area contributed by atoms with Crippen LogP contribution in [0.1, 0.15) is 36.8 Å². The molecule has 0 bridgehead atoms. The fourth-order valence-corrected chi connectivity index (χ4v) is 3.43. The molecule has 3 amide bonds. The third kappa shape index (κ3) is 3.20. The Morgan fingerprint density at radius 2 is 1.81 bits per heavy atom. The first-order chi connectivity index (χ1) is 13.0. The molecule has 9 heteroatoms. The summed E-state index contributed by atoms with van der Waals surface area (Å²) in [7, 11) is 0. The molecule has 4 rings (SSSR count). The molecule has 3 aromatic rings. The maximum absolute atomic E-state index is 12.6. The predicted molar refractivity (Wildman–Crippen MR) is 100.0 cm³/mol. The highest BCUT2D eigenvalue weighted by molar-refractivity contribution is 6.99. The van der Waals surface area contributed by atoms with Gasteiger partial charge in [-0.1, -0.05) is 23.7 Å². The molecule has 0 unspecified atom stereocenters. The highest BCUT2D eigenvalue weighted by atomic mass is 35.5. The smallest absolute Gasteiger partial charge is 0.277 e. The lowest BCUT2D eigenvalue weighted by atomic mass is 10.1. The van der Waals surface area contributed by atoms with Crippen molar-refractivity contribution in [2.75, 3.05) is 5.32 Å². The fourth-order valence-electron chi connectivity index (χ4n) is 2.82. The number of nitrogens with zero attached hydrogens (tertiary/aromatic N) is 3. The molecule has 1 aliphatic rings. The molecule has 27 heavy (non-hydrogen) atoms. The zero-order valence-electron chi connectivity index (χ0n) is 13.7. The number of carbonyl (C=O) groups excluding carboxylic acids is 3. The van der Waals surface area contributed by atoms with Crippen LogP contribution in [-0.2, 0) is 6.54 Å². The molecular formula is C18H11ClN4O3S. The van der Waals surface area contributed by atoms with Gasteiger partial charge in [0.1, 0.15) is 0 Å². The number of anilines is 1. The van der Waals surface area contributed by atoms with Gasteiger partial charge in [0.15, 0.2) is 5.69 Å². The molecule has 0 saturated heterocycles. The molecule has 0 fully saturated rings. The number of nitrogens with one attached hydrogen (secondary N) is 1. The maximum atomic E-state index is 12.6. The molecule has 0 aliphatic carbocycles. The van der Waals surface area contributed by atoms with Gasteiger partial charge in [-0.3, -0.25) is 19.3 Å². The van der Waals surface area contributed by atoms with Gasteiger partial charge < -0.3 is 5.32 Å². The van der Waals surface area contributed by atoms with Crippen molar-refractivity contribution < 1.29 is 14.4 Å². The van der Waals surface area contributed by atoms with Crippen molar-refractivity contribution in [1.29, 1.82) is 0 Å². The van der Waals surface area contributed by atoms with Crippen LogP contribution in [0, 0.1) is 0 Å². The number of imide groups is 1.